The van der Waals surface area contributed by atoms with E-state index < -0.39 is 5.60 Å². The molecule has 0 N–H and O–H groups in total. The molecule has 0 unspecified atom stereocenters. The Morgan fingerprint density at radius 3 is 2.57 bits per heavy atom. The van der Waals surface area contributed by atoms with E-state index >= 15 is 0 Å². The van der Waals surface area contributed by atoms with Crippen molar-refractivity contribution in [3.8, 4) is 6.07 Å². The van der Waals surface area contributed by atoms with Gasteiger partial charge in [0.2, 0.25) is 0 Å². The second-order valence-electron chi connectivity index (χ2n) is 6.26. The van der Waals surface area contributed by atoms with Crippen molar-refractivity contribution in [1.29, 1.82) is 0 Å². The highest BCUT2D eigenvalue weighted by Crippen LogP contribution is 2.15. The van der Waals surface area contributed by atoms with E-state index in [9.17, 15) is 9.18 Å². The number of ether oxygens (including phenoxy) is 1. The summed E-state index contributed by atoms with van der Waals surface area (Å²) >= 11 is 3.29. The molecule has 1 aromatic carbocycles. The first kappa shape index (κ1) is 17.5. The Bertz CT molecular complexity index is 641. The van der Waals surface area contributed by atoms with Gasteiger partial charge in [-0.2, -0.15) is 0 Å². The number of carbonyl (C=O) groups excluding carboxylic acids is 1. The highest BCUT2D eigenvalue weighted by atomic mass is 79.9. The van der Waals surface area contributed by atoms with Crippen LogP contribution in [0.1, 0.15) is 26.3 Å². The fourth-order valence-corrected chi connectivity index (χ4v) is 2.37. The number of nitrogens with zero attached hydrogens (tertiary/aromatic N) is 3. The van der Waals surface area contributed by atoms with Crippen molar-refractivity contribution in [3.05, 3.63) is 39.0 Å². The normalized spacial score (nSPS) is 15.0. The van der Waals surface area contributed by atoms with Crippen molar-refractivity contribution in [1.82, 2.24) is 9.91 Å². The van der Waals surface area contributed by atoms with Crippen molar-refractivity contribution in [2.24, 2.45) is 0 Å². The van der Waals surface area contributed by atoms with Gasteiger partial charge in [0.1, 0.15) is 30.1 Å². The van der Waals surface area contributed by atoms with Crippen molar-refractivity contribution < 1.29 is 13.9 Å². The van der Waals surface area contributed by atoms with Gasteiger partial charge in [-0.05, 0) is 39.0 Å². The minimum absolute atomic E-state index is 0.300. The summed E-state index contributed by atoms with van der Waals surface area (Å²) in [6.07, 6.45) is -0.317. The number of hydrogen-bond donors (Lipinski definition) is 0. The summed E-state index contributed by atoms with van der Waals surface area (Å²) in [6, 6.07) is 7.33. The molecule has 1 heterocycles. The van der Waals surface area contributed by atoms with Crippen LogP contribution in [0.25, 0.3) is 4.95 Å². The fraction of sp³-hybridized carbons (Fsp3) is 0.500. The van der Waals surface area contributed by atoms with E-state index in [-0.39, 0.29) is 11.9 Å². The molecule has 0 atom stereocenters. The van der Waals surface area contributed by atoms with E-state index in [0.29, 0.717) is 31.7 Å². The van der Waals surface area contributed by atoms with Crippen LogP contribution in [0.15, 0.2) is 22.7 Å². The predicted molar refractivity (Wildman–Crippen MR) is 89.8 cm³/mol. The average Bonchev–Trinajstić information content (AvgIpc) is 2.47. The lowest BCUT2D eigenvalue weighted by molar-refractivity contribution is 0.0175. The molecular weight excluding hydrogens is 365 g/mol. The quantitative estimate of drug-likeness (QED) is 0.683. The number of benzene rings is 1. The predicted octanol–water partition coefficient (Wildman–Crippen LogP) is 3.74. The lowest BCUT2D eigenvalue weighted by atomic mass is 10.2. The fourth-order valence-electron chi connectivity index (χ4n) is 2.01. The smallest absolute Gasteiger partial charge is 0.410 e. The van der Waals surface area contributed by atoms with Crippen LogP contribution in [0.2, 0.25) is 0 Å². The van der Waals surface area contributed by atoms with Gasteiger partial charge in [0.15, 0.2) is 0 Å². The van der Waals surface area contributed by atoms with Crippen LogP contribution in [-0.4, -0.2) is 47.8 Å². The number of amides is 1. The minimum atomic E-state index is -0.502. The molecule has 0 spiro atoms. The molecule has 1 aliphatic rings. The lowest BCUT2D eigenvalue weighted by Gasteiger charge is -2.30. The van der Waals surface area contributed by atoms with E-state index in [4.69, 9.17) is 4.74 Å². The number of rotatable bonds is 0. The van der Waals surface area contributed by atoms with Gasteiger partial charge in [0.25, 0.3) is 0 Å². The van der Waals surface area contributed by atoms with Crippen LogP contribution >= 0.6 is 15.9 Å². The maximum Gasteiger partial charge on any atom is 0.410 e. The van der Waals surface area contributed by atoms with E-state index in [0.717, 1.165) is 4.47 Å². The Labute approximate surface area is 143 Å². The van der Waals surface area contributed by atoms with Crippen molar-refractivity contribution in [2.75, 3.05) is 26.2 Å². The second-order valence-corrected chi connectivity index (χ2v) is 7.17. The highest BCUT2D eigenvalue weighted by molar-refractivity contribution is 9.10. The first-order chi connectivity index (χ1) is 10.7. The van der Waals surface area contributed by atoms with E-state index in [1.165, 1.54) is 6.07 Å². The topological polar surface area (TPSA) is 37.1 Å². The van der Waals surface area contributed by atoms with Crippen molar-refractivity contribution >= 4 is 22.0 Å². The highest BCUT2D eigenvalue weighted by Gasteiger charge is 2.28. The molecule has 23 heavy (non-hydrogen) atoms. The second kappa shape index (κ2) is 7.18. The van der Waals surface area contributed by atoms with Crippen LogP contribution < -0.4 is 0 Å². The van der Waals surface area contributed by atoms with E-state index in [2.05, 4.69) is 27.0 Å². The molecule has 7 heteroatoms. The first-order valence-electron chi connectivity index (χ1n) is 7.39. The Hall–Kier alpha value is -1.81. The van der Waals surface area contributed by atoms with Gasteiger partial charge in [0.05, 0.1) is 4.95 Å². The average molecular weight is 385 g/mol. The van der Waals surface area contributed by atoms with E-state index in [1.807, 2.05) is 20.8 Å². The number of piperazine rings is 1. The standard InChI is InChI=1S/C16H20BrFN3O2/c1-16(2,3)23-15(22)20-6-8-21(9-7-20)19-11-12-10-13(17)4-5-14(12)18/h4-5,10H,6-9H2,1-3H3/q+1. The van der Waals surface area contributed by atoms with Crippen LogP contribution in [0, 0.1) is 11.9 Å². The van der Waals surface area contributed by atoms with Crippen LogP contribution in [0.5, 0.6) is 0 Å². The summed E-state index contributed by atoms with van der Waals surface area (Å²) in [4.78, 5) is 17.8. The van der Waals surface area contributed by atoms with Crippen LogP contribution in [-0.2, 0) is 4.74 Å². The molecule has 0 aliphatic carbocycles. The zero-order valence-corrected chi connectivity index (χ0v) is 15.1. The number of carbonyl (C=O) groups is 1. The summed E-state index contributed by atoms with van der Waals surface area (Å²) < 4.78 is 19.7. The summed E-state index contributed by atoms with van der Waals surface area (Å²) in [7, 11) is 0. The third-order valence-corrected chi connectivity index (χ3v) is 3.64. The molecule has 1 amide bonds. The van der Waals surface area contributed by atoms with E-state index in [1.54, 1.807) is 22.0 Å². The van der Waals surface area contributed by atoms with Crippen molar-refractivity contribution in [2.45, 2.75) is 26.4 Å². The lowest BCUT2D eigenvalue weighted by Crippen LogP contribution is -2.48. The summed E-state index contributed by atoms with van der Waals surface area (Å²) in [6.45, 7) is 7.67. The third kappa shape index (κ3) is 5.39. The van der Waals surface area contributed by atoms with Gasteiger partial charge in [-0.25, -0.2) is 9.18 Å². The molecular formula is C16H20BrFN3O2+. The van der Waals surface area contributed by atoms with Gasteiger partial charge >= 0.3 is 12.2 Å². The molecule has 1 saturated heterocycles. The molecule has 1 aromatic rings. The Kier molecular flexibility index (Phi) is 5.47. The van der Waals surface area contributed by atoms with Gasteiger partial charge < -0.3 is 9.64 Å². The number of halogens is 2. The molecule has 2 rings (SSSR count). The third-order valence-electron chi connectivity index (χ3n) is 3.15. The molecule has 0 saturated carbocycles. The van der Waals surface area contributed by atoms with Gasteiger partial charge in [0, 0.05) is 17.6 Å². The maximum atomic E-state index is 13.6. The number of hydrogen-bond acceptors (Lipinski definition) is 3. The SMILES string of the molecule is CC(C)(C)OC(=O)N1CCN([N+]#Cc2cc(Br)ccc2F)CC1. The Balaban J connectivity index is 1.92. The van der Waals surface area contributed by atoms with Crippen molar-refractivity contribution in [3.63, 3.8) is 0 Å². The molecule has 0 bridgehead atoms. The molecule has 1 fully saturated rings. The van der Waals surface area contributed by atoms with Crippen LogP contribution in [0.4, 0.5) is 9.18 Å². The zero-order valence-electron chi connectivity index (χ0n) is 13.5. The molecule has 0 radical (unpaired) electrons. The maximum absolute atomic E-state index is 13.6. The summed E-state index contributed by atoms with van der Waals surface area (Å²) in [5.41, 5.74) is -0.202. The zero-order chi connectivity index (χ0) is 17.0. The first-order valence-corrected chi connectivity index (χ1v) is 8.18. The van der Waals surface area contributed by atoms with Crippen LogP contribution in [0.3, 0.4) is 0 Å². The molecule has 1 aliphatic heterocycles. The Morgan fingerprint density at radius 2 is 1.96 bits per heavy atom. The monoisotopic (exact) mass is 384 g/mol. The molecule has 0 aromatic heterocycles. The van der Waals surface area contributed by atoms with Gasteiger partial charge in [-0.3, -0.25) is 0 Å². The summed E-state index contributed by atoms with van der Waals surface area (Å²) in [5, 5.41) is 1.77. The minimum Gasteiger partial charge on any atom is -0.444 e. The molecule has 124 valence electrons. The van der Waals surface area contributed by atoms with Gasteiger partial charge in [-0.15, -0.1) is 0 Å². The molecule has 5 nitrogen and oxygen atoms in total. The summed E-state index contributed by atoms with van der Waals surface area (Å²) in [5.74, 6) is -0.371. The largest absolute Gasteiger partial charge is 0.444 e. The Morgan fingerprint density at radius 1 is 1.30 bits per heavy atom. The van der Waals surface area contributed by atoms with Gasteiger partial charge in [-0.1, -0.05) is 20.9 Å².